The van der Waals surface area contributed by atoms with Gasteiger partial charge in [0.05, 0.1) is 5.88 Å². The molecule has 0 radical (unpaired) electrons. The third kappa shape index (κ3) is 4.43. The second kappa shape index (κ2) is 7.75. The first-order valence-electron chi connectivity index (χ1n) is 6.63. The Kier molecular flexibility index (Phi) is 6.94. The van der Waals surface area contributed by atoms with Crippen molar-refractivity contribution in [2.45, 2.75) is 30.4 Å². The van der Waals surface area contributed by atoms with E-state index in [1.165, 1.54) is 11.3 Å². The molecule has 0 aliphatic rings. The van der Waals surface area contributed by atoms with Crippen LogP contribution in [0.3, 0.4) is 0 Å². The number of thiophene rings is 1. The van der Waals surface area contributed by atoms with Crippen LogP contribution in [0, 0.1) is 6.92 Å². The molecular formula is C13H23ClN2O2S2. The molecule has 0 atom stereocenters. The van der Waals surface area contributed by atoms with Crippen molar-refractivity contribution >= 4 is 33.0 Å². The van der Waals surface area contributed by atoms with E-state index < -0.39 is 10.0 Å². The van der Waals surface area contributed by atoms with E-state index in [9.17, 15) is 8.42 Å². The van der Waals surface area contributed by atoms with Gasteiger partial charge in [0.1, 0.15) is 4.21 Å². The van der Waals surface area contributed by atoms with Crippen molar-refractivity contribution in [3.63, 3.8) is 0 Å². The summed E-state index contributed by atoms with van der Waals surface area (Å²) in [4.78, 5) is 2.91. The van der Waals surface area contributed by atoms with Crippen LogP contribution in [-0.2, 0) is 15.9 Å². The number of rotatable bonds is 8. The molecule has 1 aromatic heterocycles. The van der Waals surface area contributed by atoms with Gasteiger partial charge in [-0.25, -0.2) is 8.42 Å². The summed E-state index contributed by atoms with van der Waals surface area (Å²) in [6.07, 6.45) is 0.805. The number of sulfonamides is 1. The largest absolute Gasteiger partial charge is 0.308 e. The summed E-state index contributed by atoms with van der Waals surface area (Å²) in [5.41, 5.74) is 0.952. The van der Waals surface area contributed by atoms with Gasteiger partial charge in [0, 0.05) is 24.5 Å². The van der Waals surface area contributed by atoms with E-state index in [4.69, 9.17) is 11.6 Å². The first-order chi connectivity index (χ1) is 9.32. The molecule has 0 N–H and O–H groups in total. The lowest BCUT2D eigenvalue weighted by molar-refractivity contribution is 0.333. The lowest BCUT2D eigenvalue weighted by Gasteiger charge is -2.22. The van der Waals surface area contributed by atoms with Gasteiger partial charge >= 0.3 is 0 Å². The van der Waals surface area contributed by atoms with Gasteiger partial charge < -0.3 is 4.90 Å². The van der Waals surface area contributed by atoms with Crippen LogP contribution in [0.25, 0.3) is 0 Å². The van der Waals surface area contributed by atoms with Gasteiger partial charge in [-0.2, -0.15) is 4.31 Å². The molecular weight excluding hydrogens is 316 g/mol. The lowest BCUT2D eigenvalue weighted by atomic mass is 10.3. The number of aryl methyl sites for hydroxylation is 1. The molecule has 0 aliphatic heterocycles. The Morgan fingerprint density at radius 2 is 1.90 bits per heavy atom. The fraction of sp³-hybridized carbons (Fsp3) is 0.692. The van der Waals surface area contributed by atoms with Gasteiger partial charge in [-0.3, -0.25) is 0 Å². The molecule has 0 amide bonds. The van der Waals surface area contributed by atoms with Gasteiger partial charge in [-0.1, -0.05) is 6.92 Å². The summed E-state index contributed by atoms with van der Waals surface area (Å²) in [5, 5.41) is 0. The molecule has 0 saturated carbocycles. The molecule has 1 heterocycles. The molecule has 7 heteroatoms. The number of alkyl halides is 1. The van der Waals surface area contributed by atoms with E-state index in [0.717, 1.165) is 16.9 Å². The van der Waals surface area contributed by atoms with E-state index >= 15 is 0 Å². The zero-order valence-corrected chi connectivity index (χ0v) is 14.9. The quantitative estimate of drug-likeness (QED) is 0.684. The molecule has 1 aromatic rings. The third-order valence-electron chi connectivity index (χ3n) is 2.98. The van der Waals surface area contributed by atoms with Crippen molar-refractivity contribution in [3.8, 4) is 0 Å². The second-order valence-corrected chi connectivity index (χ2v) is 8.58. The van der Waals surface area contributed by atoms with E-state index in [0.29, 0.717) is 29.7 Å². The highest BCUT2D eigenvalue weighted by molar-refractivity contribution is 7.91. The molecule has 1 rings (SSSR count). The molecule has 0 bridgehead atoms. The van der Waals surface area contributed by atoms with Gasteiger partial charge in [-0.05, 0) is 39.1 Å². The Bertz CT molecular complexity index is 526. The van der Waals surface area contributed by atoms with Gasteiger partial charge in [0.15, 0.2) is 0 Å². The molecule has 0 spiro atoms. The SMILES string of the molecule is CCCN(CCN(C)C)S(=O)(=O)c1cc(C)c(CCl)s1. The maximum absolute atomic E-state index is 12.7. The maximum atomic E-state index is 12.7. The average Bonchev–Trinajstić information content (AvgIpc) is 2.76. The van der Waals surface area contributed by atoms with Crippen molar-refractivity contribution in [2.75, 3.05) is 33.7 Å². The van der Waals surface area contributed by atoms with Crippen LogP contribution in [0.15, 0.2) is 10.3 Å². The summed E-state index contributed by atoms with van der Waals surface area (Å²) in [5.74, 6) is 0.359. The van der Waals surface area contributed by atoms with E-state index in [-0.39, 0.29) is 0 Å². The smallest absolute Gasteiger partial charge is 0.252 e. The molecule has 0 saturated heterocycles. The standard InChI is InChI=1S/C13H23ClN2O2S2/c1-5-6-16(8-7-15(3)4)20(17,18)13-9-11(2)12(10-14)19-13/h9H,5-8,10H2,1-4H3. The zero-order chi connectivity index (χ0) is 15.3. The molecule has 0 unspecified atom stereocenters. The van der Waals surface area contributed by atoms with E-state index in [1.54, 1.807) is 10.4 Å². The Morgan fingerprint density at radius 1 is 1.25 bits per heavy atom. The lowest BCUT2D eigenvalue weighted by Crippen LogP contribution is -2.36. The molecule has 0 aromatic carbocycles. The Labute approximate surface area is 131 Å². The van der Waals surface area contributed by atoms with E-state index in [2.05, 4.69) is 0 Å². The van der Waals surface area contributed by atoms with Crippen LogP contribution < -0.4 is 0 Å². The molecule has 0 fully saturated rings. The highest BCUT2D eigenvalue weighted by Gasteiger charge is 2.26. The number of hydrogen-bond donors (Lipinski definition) is 0. The average molecular weight is 339 g/mol. The van der Waals surface area contributed by atoms with Crippen LogP contribution in [-0.4, -0.2) is 51.4 Å². The minimum Gasteiger partial charge on any atom is -0.308 e. The highest BCUT2D eigenvalue weighted by Crippen LogP contribution is 2.29. The van der Waals surface area contributed by atoms with Crippen molar-refractivity contribution in [3.05, 3.63) is 16.5 Å². The maximum Gasteiger partial charge on any atom is 0.252 e. The monoisotopic (exact) mass is 338 g/mol. The van der Waals surface area contributed by atoms with Gasteiger partial charge in [0.2, 0.25) is 0 Å². The summed E-state index contributed by atoms with van der Waals surface area (Å²) >= 11 is 7.11. The minimum absolute atomic E-state index is 0.359. The second-order valence-electron chi connectivity index (χ2n) is 5.01. The highest BCUT2D eigenvalue weighted by atomic mass is 35.5. The zero-order valence-electron chi connectivity index (χ0n) is 12.5. The van der Waals surface area contributed by atoms with Crippen LogP contribution in [0.4, 0.5) is 0 Å². The summed E-state index contributed by atoms with van der Waals surface area (Å²) in [6, 6.07) is 1.73. The molecule has 4 nitrogen and oxygen atoms in total. The number of hydrogen-bond acceptors (Lipinski definition) is 4. The van der Waals surface area contributed by atoms with Crippen molar-refractivity contribution in [2.24, 2.45) is 0 Å². The Balaban J connectivity index is 3.02. The topological polar surface area (TPSA) is 40.6 Å². The van der Waals surface area contributed by atoms with Gasteiger partial charge in [0.25, 0.3) is 10.0 Å². The molecule has 0 aliphatic carbocycles. The van der Waals surface area contributed by atoms with Crippen molar-refractivity contribution in [1.29, 1.82) is 0 Å². The molecule has 116 valence electrons. The third-order valence-corrected chi connectivity index (χ3v) is 6.99. The Morgan fingerprint density at radius 3 is 2.35 bits per heavy atom. The number of halogens is 1. The van der Waals surface area contributed by atoms with E-state index in [1.807, 2.05) is 32.8 Å². The van der Waals surface area contributed by atoms with Gasteiger partial charge in [-0.15, -0.1) is 22.9 Å². The summed E-state index contributed by atoms with van der Waals surface area (Å²) in [6.45, 7) is 5.66. The first kappa shape index (κ1) is 17.9. The minimum atomic E-state index is -3.40. The predicted octanol–water partition coefficient (Wildman–Crippen LogP) is 2.76. The van der Waals surface area contributed by atoms with Crippen LogP contribution in [0.1, 0.15) is 23.8 Å². The fourth-order valence-electron chi connectivity index (χ4n) is 1.79. The van der Waals surface area contributed by atoms with Crippen LogP contribution in [0.5, 0.6) is 0 Å². The number of nitrogens with zero attached hydrogens (tertiary/aromatic N) is 2. The van der Waals surface area contributed by atoms with Crippen molar-refractivity contribution < 1.29 is 8.42 Å². The summed E-state index contributed by atoms with van der Waals surface area (Å²) < 4.78 is 27.3. The predicted molar refractivity (Wildman–Crippen MR) is 86.2 cm³/mol. The summed E-state index contributed by atoms with van der Waals surface area (Å²) in [7, 11) is 0.480. The first-order valence-corrected chi connectivity index (χ1v) is 9.42. The number of likely N-dealkylation sites (N-methyl/N-ethyl adjacent to an activating group) is 1. The molecule has 20 heavy (non-hydrogen) atoms. The Hall–Kier alpha value is -0.140. The normalized spacial score (nSPS) is 12.6. The van der Waals surface area contributed by atoms with Crippen LogP contribution in [0.2, 0.25) is 0 Å². The fourth-order valence-corrected chi connectivity index (χ4v) is 5.28. The van der Waals surface area contributed by atoms with Crippen LogP contribution >= 0.6 is 22.9 Å². The van der Waals surface area contributed by atoms with Crippen molar-refractivity contribution in [1.82, 2.24) is 9.21 Å².